The van der Waals surface area contributed by atoms with E-state index in [4.69, 9.17) is 0 Å². The molecule has 4 atom stereocenters. The quantitative estimate of drug-likeness (QED) is 0.620. The molecule has 18 heavy (non-hydrogen) atoms. The van der Waals surface area contributed by atoms with Crippen LogP contribution >= 0.6 is 0 Å². The molecule has 2 saturated carbocycles. The van der Waals surface area contributed by atoms with E-state index in [1.165, 1.54) is 31.3 Å². The minimum Gasteiger partial charge on any atom is -0.295 e. The maximum Gasteiger partial charge on any atom is 0.158 e. The summed E-state index contributed by atoms with van der Waals surface area (Å²) in [6, 6.07) is 0. The van der Waals surface area contributed by atoms with Crippen molar-refractivity contribution in [1.29, 1.82) is 0 Å². The molecule has 0 heterocycles. The first-order chi connectivity index (χ1) is 8.31. The van der Waals surface area contributed by atoms with E-state index in [0.717, 1.165) is 18.3 Å². The SMILES string of the molecule is CC1CC2C(=CC1=O)C[C@@]1(C)CC(C)(C)CC[C@@H]21. The first-order valence-corrected chi connectivity index (χ1v) is 7.55. The second-order valence-electron chi connectivity index (χ2n) is 8.18. The highest BCUT2D eigenvalue weighted by atomic mass is 16.1. The van der Waals surface area contributed by atoms with Gasteiger partial charge < -0.3 is 0 Å². The zero-order valence-corrected chi connectivity index (χ0v) is 12.3. The predicted molar refractivity (Wildman–Crippen MR) is 74.2 cm³/mol. The van der Waals surface area contributed by atoms with Crippen molar-refractivity contribution in [2.75, 3.05) is 0 Å². The van der Waals surface area contributed by atoms with Crippen LogP contribution in [-0.2, 0) is 4.79 Å². The fraction of sp³-hybridized carbons (Fsp3) is 0.824. The van der Waals surface area contributed by atoms with Crippen LogP contribution < -0.4 is 0 Å². The van der Waals surface area contributed by atoms with E-state index in [2.05, 4.69) is 27.7 Å². The van der Waals surface area contributed by atoms with E-state index >= 15 is 0 Å². The average molecular weight is 246 g/mol. The summed E-state index contributed by atoms with van der Waals surface area (Å²) in [6.07, 6.45) is 8.37. The molecule has 3 rings (SSSR count). The van der Waals surface area contributed by atoms with Gasteiger partial charge in [0.25, 0.3) is 0 Å². The molecular weight excluding hydrogens is 220 g/mol. The van der Waals surface area contributed by atoms with Gasteiger partial charge in [0.05, 0.1) is 0 Å². The van der Waals surface area contributed by atoms with Crippen LogP contribution in [0.4, 0.5) is 0 Å². The summed E-state index contributed by atoms with van der Waals surface area (Å²) in [5.41, 5.74) is 2.45. The number of carbonyl (C=O) groups excluding carboxylic acids is 1. The molecule has 0 bridgehead atoms. The van der Waals surface area contributed by atoms with Crippen molar-refractivity contribution in [3.63, 3.8) is 0 Å². The Balaban J connectivity index is 1.93. The van der Waals surface area contributed by atoms with Gasteiger partial charge in [-0.2, -0.15) is 0 Å². The van der Waals surface area contributed by atoms with Crippen LogP contribution in [0, 0.1) is 28.6 Å². The molecule has 100 valence electrons. The lowest BCUT2D eigenvalue weighted by atomic mass is 9.59. The molecule has 3 aliphatic rings. The second kappa shape index (κ2) is 3.71. The highest BCUT2D eigenvalue weighted by molar-refractivity contribution is 5.93. The van der Waals surface area contributed by atoms with Gasteiger partial charge in [-0.15, -0.1) is 0 Å². The van der Waals surface area contributed by atoms with Crippen LogP contribution in [0.3, 0.4) is 0 Å². The third kappa shape index (κ3) is 1.78. The minimum atomic E-state index is 0.260. The summed E-state index contributed by atoms with van der Waals surface area (Å²) in [7, 11) is 0. The van der Waals surface area contributed by atoms with Crippen molar-refractivity contribution in [3.8, 4) is 0 Å². The van der Waals surface area contributed by atoms with Crippen molar-refractivity contribution in [1.82, 2.24) is 0 Å². The summed E-state index contributed by atoms with van der Waals surface area (Å²) < 4.78 is 0. The van der Waals surface area contributed by atoms with Crippen molar-refractivity contribution < 1.29 is 4.79 Å². The number of ketones is 1. The third-order valence-electron chi connectivity index (χ3n) is 5.90. The maximum atomic E-state index is 11.9. The van der Waals surface area contributed by atoms with Gasteiger partial charge in [0.15, 0.2) is 5.78 Å². The summed E-state index contributed by atoms with van der Waals surface area (Å²) in [5.74, 6) is 2.20. The first-order valence-electron chi connectivity index (χ1n) is 7.55. The Labute approximate surface area is 111 Å². The third-order valence-corrected chi connectivity index (χ3v) is 5.90. The van der Waals surface area contributed by atoms with Gasteiger partial charge in [-0.05, 0) is 60.8 Å². The molecule has 0 radical (unpaired) electrons. The van der Waals surface area contributed by atoms with Crippen LogP contribution in [0.25, 0.3) is 0 Å². The summed E-state index contributed by atoms with van der Waals surface area (Å²) in [4.78, 5) is 11.9. The molecule has 0 amide bonds. The largest absolute Gasteiger partial charge is 0.295 e. The smallest absolute Gasteiger partial charge is 0.158 e. The Morgan fingerprint density at radius 3 is 2.72 bits per heavy atom. The van der Waals surface area contributed by atoms with E-state index in [1.807, 2.05) is 6.08 Å². The number of hydrogen-bond acceptors (Lipinski definition) is 1. The van der Waals surface area contributed by atoms with Gasteiger partial charge in [0, 0.05) is 5.92 Å². The van der Waals surface area contributed by atoms with E-state index in [9.17, 15) is 4.79 Å². The van der Waals surface area contributed by atoms with Crippen LogP contribution in [0.2, 0.25) is 0 Å². The van der Waals surface area contributed by atoms with Gasteiger partial charge >= 0.3 is 0 Å². The zero-order chi connectivity index (χ0) is 13.1. The highest BCUT2D eigenvalue weighted by Gasteiger charge is 2.53. The van der Waals surface area contributed by atoms with Gasteiger partial charge in [0.1, 0.15) is 0 Å². The van der Waals surface area contributed by atoms with Crippen LogP contribution in [0.15, 0.2) is 11.6 Å². The van der Waals surface area contributed by atoms with Gasteiger partial charge in [0.2, 0.25) is 0 Å². The monoisotopic (exact) mass is 246 g/mol. The van der Waals surface area contributed by atoms with Gasteiger partial charge in [-0.25, -0.2) is 0 Å². The Bertz CT molecular complexity index is 417. The standard InChI is InChI=1S/C17H26O/c1-11-7-13-12(8-15(11)18)9-17(4)10-16(2,3)6-5-14(13)17/h8,11,13-14H,5-7,9-10H2,1-4H3/t11?,13?,14-,17-/m0/s1. The average Bonchev–Trinajstić information content (AvgIpc) is 2.47. The van der Waals surface area contributed by atoms with Crippen LogP contribution in [0.5, 0.6) is 0 Å². The predicted octanol–water partition coefficient (Wildman–Crippen LogP) is 4.37. The summed E-state index contributed by atoms with van der Waals surface area (Å²) >= 11 is 0. The van der Waals surface area contributed by atoms with Crippen LogP contribution in [0.1, 0.15) is 59.8 Å². The molecule has 1 heteroatoms. The van der Waals surface area contributed by atoms with E-state index < -0.39 is 0 Å². The van der Waals surface area contributed by atoms with Crippen molar-refractivity contribution in [2.45, 2.75) is 59.8 Å². The molecule has 3 aliphatic carbocycles. The van der Waals surface area contributed by atoms with Gasteiger partial charge in [-0.1, -0.05) is 33.3 Å². The summed E-state index contributed by atoms with van der Waals surface area (Å²) in [6.45, 7) is 9.42. The van der Waals surface area contributed by atoms with Crippen molar-refractivity contribution in [2.24, 2.45) is 28.6 Å². The van der Waals surface area contributed by atoms with Crippen LogP contribution in [-0.4, -0.2) is 5.78 Å². The first kappa shape index (κ1) is 12.4. The number of carbonyl (C=O) groups is 1. The topological polar surface area (TPSA) is 17.1 Å². The summed E-state index contributed by atoms with van der Waals surface area (Å²) in [5, 5.41) is 0. The normalized spacial score (nSPS) is 46.3. The molecule has 0 aliphatic heterocycles. The Hall–Kier alpha value is -0.590. The number of rotatable bonds is 0. The molecule has 0 saturated heterocycles. The van der Waals surface area contributed by atoms with Crippen molar-refractivity contribution >= 4 is 5.78 Å². The molecule has 0 N–H and O–H groups in total. The molecule has 0 spiro atoms. The molecule has 0 aromatic carbocycles. The Morgan fingerprint density at radius 2 is 2.00 bits per heavy atom. The van der Waals surface area contributed by atoms with Gasteiger partial charge in [-0.3, -0.25) is 4.79 Å². The second-order valence-corrected chi connectivity index (χ2v) is 8.18. The molecule has 1 nitrogen and oxygen atoms in total. The maximum absolute atomic E-state index is 11.9. The lowest BCUT2D eigenvalue weighted by Gasteiger charge is -2.46. The lowest BCUT2D eigenvalue weighted by molar-refractivity contribution is -0.119. The fourth-order valence-electron chi connectivity index (χ4n) is 5.24. The number of hydrogen-bond donors (Lipinski definition) is 0. The minimum absolute atomic E-state index is 0.260. The molecular formula is C17H26O. The Kier molecular flexibility index (Phi) is 2.56. The lowest BCUT2D eigenvalue weighted by Crippen LogP contribution is -2.37. The Morgan fingerprint density at radius 1 is 1.28 bits per heavy atom. The highest BCUT2D eigenvalue weighted by Crippen LogP contribution is 2.62. The number of allylic oxidation sites excluding steroid dienone is 2. The molecule has 0 aromatic heterocycles. The van der Waals surface area contributed by atoms with E-state index in [0.29, 0.717) is 16.6 Å². The molecule has 2 fully saturated rings. The molecule has 2 unspecified atom stereocenters. The van der Waals surface area contributed by atoms with E-state index in [-0.39, 0.29) is 5.92 Å². The fourth-order valence-corrected chi connectivity index (χ4v) is 5.24. The molecule has 0 aromatic rings. The number of fused-ring (bicyclic) bond motifs is 3. The zero-order valence-electron chi connectivity index (χ0n) is 12.3. The van der Waals surface area contributed by atoms with E-state index in [1.54, 1.807) is 0 Å². The van der Waals surface area contributed by atoms with Crippen molar-refractivity contribution in [3.05, 3.63) is 11.6 Å².